The first kappa shape index (κ1) is 10.8. The second kappa shape index (κ2) is 4.79. The van der Waals surface area contributed by atoms with Crippen molar-refractivity contribution in [2.75, 3.05) is 5.73 Å². The van der Waals surface area contributed by atoms with Gasteiger partial charge in [0.2, 0.25) is 11.8 Å². The summed E-state index contributed by atoms with van der Waals surface area (Å²) in [5.41, 5.74) is 5.43. The first-order valence-electron chi connectivity index (χ1n) is 4.83. The van der Waals surface area contributed by atoms with E-state index in [0.717, 1.165) is 6.42 Å². The Kier molecular flexibility index (Phi) is 3.68. The molecule has 2 N–H and O–H groups in total. The number of hydrogen-bond donors (Lipinski definition) is 1. The average Bonchev–Trinajstić information content (AvgIpc) is 2.01. The van der Waals surface area contributed by atoms with Gasteiger partial charge < -0.3 is 10.5 Å². The molecule has 0 spiro atoms. The number of aromatic nitrogens is 2. The highest BCUT2D eigenvalue weighted by Gasteiger charge is 2.07. The zero-order valence-corrected chi connectivity index (χ0v) is 8.90. The third-order valence-corrected chi connectivity index (χ3v) is 1.77. The van der Waals surface area contributed by atoms with Crippen LogP contribution < -0.4 is 10.5 Å². The summed E-state index contributed by atoms with van der Waals surface area (Å²) in [6.07, 6.45) is 2.76. The summed E-state index contributed by atoms with van der Waals surface area (Å²) in [6, 6.07) is 1.72. The molecule has 1 rings (SSSR count). The molecule has 1 aromatic heterocycles. The summed E-state index contributed by atoms with van der Waals surface area (Å²) in [7, 11) is 0. The van der Waals surface area contributed by atoms with E-state index in [-0.39, 0.29) is 12.1 Å². The average molecular weight is 195 g/mol. The second-order valence-electron chi connectivity index (χ2n) is 3.81. The molecule has 0 bridgehead atoms. The molecular weight excluding hydrogens is 178 g/mol. The Morgan fingerprint density at radius 2 is 2.14 bits per heavy atom. The molecule has 1 aromatic rings. The lowest BCUT2D eigenvalue weighted by Gasteiger charge is -2.15. The Labute approximate surface area is 84.5 Å². The van der Waals surface area contributed by atoms with Gasteiger partial charge in [-0.15, -0.1) is 0 Å². The highest BCUT2D eigenvalue weighted by Crippen LogP contribution is 2.13. The number of rotatable bonds is 4. The van der Waals surface area contributed by atoms with Gasteiger partial charge in [-0.2, -0.15) is 4.98 Å². The summed E-state index contributed by atoms with van der Waals surface area (Å²) in [4.78, 5) is 7.76. The summed E-state index contributed by atoms with van der Waals surface area (Å²) < 4.78 is 5.57. The van der Waals surface area contributed by atoms with Crippen molar-refractivity contribution in [3.63, 3.8) is 0 Å². The number of nitrogen functional groups attached to an aromatic ring is 1. The lowest BCUT2D eigenvalue weighted by molar-refractivity contribution is 0.186. The van der Waals surface area contributed by atoms with Gasteiger partial charge in [0.25, 0.3) is 0 Å². The fourth-order valence-corrected chi connectivity index (χ4v) is 1.34. The predicted octanol–water partition coefficient (Wildman–Crippen LogP) is 1.87. The van der Waals surface area contributed by atoms with Crippen LogP contribution in [0.15, 0.2) is 12.3 Å². The molecular formula is C10H17N3O. The molecule has 0 aliphatic carbocycles. The Balaban J connectivity index is 2.51. The molecule has 0 aliphatic heterocycles. The normalized spacial score (nSPS) is 12.9. The van der Waals surface area contributed by atoms with E-state index in [2.05, 4.69) is 23.8 Å². The van der Waals surface area contributed by atoms with Gasteiger partial charge in [-0.3, -0.25) is 0 Å². The van der Waals surface area contributed by atoms with E-state index in [4.69, 9.17) is 10.5 Å². The zero-order chi connectivity index (χ0) is 10.6. The number of nitrogens with two attached hydrogens (primary N) is 1. The number of ether oxygens (including phenoxy) is 1. The van der Waals surface area contributed by atoms with Crippen LogP contribution in [0.3, 0.4) is 0 Å². The molecule has 0 amide bonds. The van der Waals surface area contributed by atoms with Crippen molar-refractivity contribution in [3.8, 4) is 5.88 Å². The van der Waals surface area contributed by atoms with Crippen molar-refractivity contribution < 1.29 is 4.74 Å². The molecule has 0 saturated carbocycles. The minimum absolute atomic E-state index is 0.157. The van der Waals surface area contributed by atoms with Gasteiger partial charge in [-0.1, -0.05) is 13.8 Å². The molecule has 0 aromatic carbocycles. The van der Waals surface area contributed by atoms with Crippen LogP contribution >= 0.6 is 0 Å². The number of nitrogens with zero attached hydrogens (tertiary/aromatic N) is 2. The minimum Gasteiger partial charge on any atom is -0.475 e. The van der Waals surface area contributed by atoms with Crippen LogP contribution in [0.5, 0.6) is 5.88 Å². The maximum Gasteiger partial charge on any atom is 0.223 e. The predicted molar refractivity (Wildman–Crippen MR) is 56.0 cm³/mol. The van der Waals surface area contributed by atoms with Crippen molar-refractivity contribution >= 4 is 5.95 Å². The van der Waals surface area contributed by atoms with Crippen LogP contribution in [0.1, 0.15) is 27.2 Å². The minimum atomic E-state index is 0.157. The number of anilines is 1. The van der Waals surface area contributed by atoms with E-state index >= 15 is 0 Å². The second-order valence-corrected chi connectivity index (χ2v) is 3.81. The van der Waals surface area contributed by atoms with Crippen molar-refractivity contribution in [1.82, 2.24) is 9.97 Å². The first-order valence-corrected chi connectivity index (χ1v) is 4.83. The van der Waals surface area contributed by atoms with Crippen LogP contribution in [-0.2, 0) is 0 Å². The van der Waals surface area contributed by atoms with Crippen molar-refractivity contribution in [3.05, 3.63) is 12.3 Å². The lowest BCUT2D eigenvalue weighted by Crippen LogP contribution is -2.15. The molecule has 1 heterocycles. The van der Waals surface area contributed by atoms with Crippen molar-refractivity contribution in [2.24, 2.45) is 5.92 Å². The standard InChI is InChI=1S/C10H17N3O/c1-7(2)6-8(3)14-9-4-5-12-10(11)13-9/h4-5,7-8H,6H2,1-3H3,(H2,11,12,13). The van der Waals surface area contributed by atoms with Gasteiger partial charge in [-0.05, 0) is 19.3 Å². The van der Waals surface area contributed by atoms with E-state index in [1.807, 2.05) is 6.92 Å². The topological polar surface area (TPSA) is 61.0 Å². The quantitative estimate of drug-likeness (QED) is 0.796. The molecule has 0 saturated heterocycles. The first-order chi connectivity index (χ1) is 6.58. The zero-order valence-electron chi connectivity index (χ0n) is 8.90. The van der Waals surface area contributed by atoms with E-state index in [1.165, 1.54) is 0 Å². The monoisotopic (exact) mass is 195 g/mol. The third kappa shape index (κ3) is 3.60. The highest BCUT2D eigenvalue weighted by molar-refractivity contribution is 5.20. The molecule has 1 unspecified atom stereocenters. The molecule has 0 fully saturated rings. The largest absolute Gasteiger partial charge is 0.475 e. The van der Waals surface area contributed by atoms with Crippen LogP contribution in [0.25, 0.3) is 0 Å². The molecule has 4 nitrogen and oxygen atoms in total. The summed E-state index contributed by atoms with van der Waals surface area (Å²) in [6.45, 7) is 6.35. The van der Waals surface area contributed by atoms with Gasteiger partial charge in [0.05, 0.1) is 6.10 Å². The van der Waals surface area contributed by atoms with Crippen LogP contribution in [0.4, 0.5) is 5.95 Å². The molecule has 0 radical (unpaired) electrons. The Morgan fingerprint density at radius 1 is 1.43 bits per heavy atom. The number of hydrogen-bond acceptors (Lipinski definition) is 4. The van der Waals surface area contributed by atoms with E-state index in [9.17, 15) is 0 Å². The van der Waals surface area contributed by atoms with Gasteiger partial charge in [0.15, 0.2) is 0 Å². The summed E-state index contributed by atoms with van der Waals surface area (Å²) in [5, 5.41) is 0. The van der Waals surface area contributed by atoms with E-state index in [1.54, 1.807) is 12.3 Å². The SMILES string of the molecule is CC(C)CC(C)Oc1ccnc(N)n1. The maximum absolute atomic E-state index is 5.57. The van der Waals surface area contributed by atoms with Gasteiger partial charge in [-0.25, -0.2) is 4.98 Å². The Morgan fingerprint density at radius 3 is 2.71 bits per heavy atom. The maximum atomic E-state index is 5.57. The van der Waals surface area contributed by atoms with Crippen molar-refractivity contribution in [1.29, 1.82) is 0 Å². The molecule has 78 valence electrons. The van der Waals surface area contributed by atoms with Gasteiger partial charge in [0.1, 0.15) is 0 Å². The van der Waals surface area contributed by atoms with Crippen LogP contribution in [0, 0.1) is 5.92 Å². The summed E-state index contributed by atoms with van der Waals surface area (Å²) >= 11 is 0. The fourth-order valence-electron chi connectivity index (χ4n) is 1.34. The Bertz CT molecular complexity index is 288. The van der Waals surface area contributed by atoms with Crippen LogP contribution in [0.2, 0.25) is 0 Å². The highest BCUT2D eigenvalue weighted by atomic mass is 16.5. The lowest BCUT2D eigenvalue weighted by atomic mass is 10.1. The molecule has 1 atom stereocenters. The van der Waals surface area contributed by atoms with E-state index < -0.39 is 0 Å². The smallest absolute Gasteiger partial charge is 0.223 e. The summed E-state index contributed by atoms with van der Waals surface area (Å²) in [5.74, 6) is 1.41. The van der Waals surface area contributed by atoms with Crippen molar-refractivity contribution in [2.45, 2.75) is 33.3 Å². The van der Waals surface area contributed by atoms with Crippen LogP contribution in [-0.4, -0.2) is 16.1 Å². The molecule has 14 heavy (non-hydrogen) atoms. The third-order valence-electron chi connectivity index (χ3n) is 1.77. The van der Waals surface area contributed by atoms with E-state index in [0.29, 0.717) is 11.8 Å². The van der Waals surface area contributed by atoms with Gasteiger partial charge >= 0.3 is 0 Å². The molecule has 4 heteroatoms. The Hall–Kier alpha value is -1.32. The fraction of sp³-hybridized carbons (Fsp3) is 0.600. The molecule has 0 aliphatic rings. The van der Waals surface area contributed by atoms with Gasteiger partial charge in [0, 0.05) is 12.3 Å².